The summed E-state index contributed by atoms with van der Waals surface area (Å²) in [5.74, 6) is -1.23. The fourth-order valence-electron chi connectivity index (χ4n) is 10.0. The first-order valence-corrected chi connectivity index (χ1v) is 21.6. The molecule has 13 nitrogen and oxygen atoms in total. The van der Waals surface area contributed by atoms with Crippen LogP contribution in [0.25, 0.3) is 10.9 Å². The van der Waals surface area contributed by atoms with Crippen LogP contribution in [0.2, 0.25) is 0 Å². The van der Waals surface area contributed by atoms with E-state index in [1.54, 1.807) is 31.6 Å². The maximum absolute atomic E-state index is 13.8. The second-order valence-corrected chi connectivity index (χ2v) is 18.0. The molecular weight excluding hydrogens is 810 g/mol. The van der Waals surface area contributed by atoms with Gasteiger partial charge in [0.1, 0.15) is 5.54 Å². The molecule has 2 aromatic carbocycles. The predicted octanol–water partition coefficient (Wildman–Crippen LogP) is 6.93. The molecule has 0 spiro atoms. The molecule has 7 rings (SSSR count). The predicted molar refractivity (Wildman–Crippen MR) is 226 cm³/mol. The van der Waals surface area contributed by atoms with Crippen LogP contribution < -0.4 is 15.5 Å². The zero-order chi connectivity index (χ0) is 44.0. The Morgan fingerprint density at radius 1 is 1.07 bits per heavy atom. The Morgan fingerprint density at radius 3 is 2.43 bits per heavy atom. The highest BCUT2D eigenvalue weighted by molar-refractivity contribution is 7.80. The number of aromatic nitrogens is 2. The molecule has 2 N–H and O–H groups in total. The molecule has 4 fully saturated rings. The number of nitriles is 1. The number of piperidine rings is 2. The molecule has 3 aliphatic heterocycles. The third-order valence-electron chi connectivity index (χ3n) is 13.1. The average molecular weight is 863 g/mol. The van der Waals surface area contributed by atoms with E-state index in [1.807, 2.05) is 23.1 Å². The number of carbonyl (C=O) groups is 4. The summed E-state index contributed by atoms with van der Waals surface area (Å²) in [6.45, 7) is 8.61. The van der Waals surface area contributed by atoms with Crippen molar-refractivity contribution in [2.75, 3.05) is 23.4 Å². The van der Waals surface area contributed by atoms with Crippen molar-refractivity contribution in [1.29, 1.82) is 5.26 Å². The number of rotatable bonds is 11. The van der Waals surface area contributed by atoms with Gasteiger partial charge in [0.05, 0.1) is 58.3 Å². The van der Waals surface area contributed by atoms with Crippen LogP contribution in [-0.2, 0) is 37.1 Å². The molecule has 2 unspecified atom stereocenters. The van der Waals surface area contributed by atoms with Crippen LogP contribution in [0, 0.1) is 17.2 Å². The molecule has 4 atom stereocenters. The maximum atomic E-state index is 13.8. The minimum absolute atomic E-state index is 0.00463. The van der Waals surface area contributed by atoms with Gasteiger partial charge in [-0.25, -0.2) is 0 Å². The van der Waals surface area contributed by atoms with Crippen LogP contribution in [0.3, 0.4) is 0 Å². The fourth-order valence-corrected chi connectivity index (χ4v) is 10.6. The minimum Gasteiger partial charge on any atom is -0.378 e. The monoisotopic (exact) mass is 862 g/mol. The van der Waals surface area contributed by atoms with Crippen LogP contribution in [0.1, 0.15) is 115 Å². The number of imide groups is 1. The Bertz CT molecular complexity index is 2250. The Kier molecular flexibility index (Phi) is 12.6. The first-order valence-electron chi connectivity index (χ1n) is 21.1. The van der Waals surface area contributed by atoms with Gasteiger partial charge in [-0.15, -0.1) is 0 Å². The summed E-state index contributed by atoms with van der Waals surface area (Å²) >= 11 is 5.77. The molecule has 4 heterocycles. The Hall–Kier alpha value is -4.92. The zero-order valence-electron chi connectivity index (χ0n) is 35.2. The van der Waals surface area contributed by atoms with E-state index in [0.717, 1.165) is 68.9 Å². The lowest BCUT2D eigenvalue weighted by molar-refractivity contribution is -0.138. The summed E-state index contributed by atoms with van der Waals surface area (Å²) in [5, 5.41) is 20.3. The number of halogens is 3. The number of nitrogens with zero attached hydrogens (tertiary/aromatic N) is 6. The van der Waals surface area contributed by atoms with E-state index in [9.17, 15) is 37.6 Å². The topological polar surface area (TPSA) is 153 Å². The highest BCUT2D eigenvalue weighted by atomic mass is 32.1. The van der Waals surface area contributed by atoms with Crippen molar-refractivity contribution in [2.24, 2.45) is 13.0 Å². The van der Waals surface area contributed by atoms with Crippen LogP contribution in [0.5, 0.6) is 0 Å². The van der Waals surface area contributed by atoms with E-state index in [-0.39, 0.29) is 65.7 Å². The maximum Gasteiger partial charge on any atom is 0.417 e. The molecule has 1 aromatic heterocycles. The molecule has 1 saturated carbocycles. The summed E-state index contributed by atoms with van der Waals surface area (Å²) in [7, 11) is 1.78. The van der Waals surface area contributed by atoms with Crippen molar-refractivity contribution < 1.29 is 37.1 Å². The van der Waals surface area contributed by atoms with E-state index in [4.69, 9.17) is 17.0 Å². The normalized spacial score (nSPS) is 26.1. The number of para-hydroxylation sites is 1. The number of ether oxygens (including phenoxy) is 1. The molecule has 0 bridgehead atoms. The third-order valence-corrected chi connectivity index (χ3v) is 13.5. The van der Waals surface area contributed by atoms with Crippen molar-refractivity contribution >= 4 is 63.2 Å². The molecule has 61 heavy (non-hydrogen) atoms. The van der Waals surface area contributed by atoms with Crippen molar-refractivity contribution in [3.63, 3.8) is 0 Å². The Morgan fingerprint density at radius 2 is 1.77 bits per heavy atom. The number of benzene rings is 2. The van der Waals surface area contributed by atoms with E-state index in [0.29, 0.717) is 35.8 Å². The lowest BCUT2D eigenvalue weighted by Gasteiger charge is -2.42. The molecule has 1 aliphatic carbocycles. The van der Waals surface area contributed by atoms with Crippen LogP contribution in [0.4, 0.5) is 24.5 Å². The molecule has 4 aliphatic rings. The number of likely N-dealkylation sites (tertiary alicyclic amines) is 1. The van der Waals surface area contributed by atoms with Crippen molar-refractivity contribution in [3.05, 3.63) is 53.2 Å². The molecule has 4 amide bonds. The quantitative estimate of drug-likeness (QED) is 0.118. The fraction of sp³-hybridized carbons (Fsp3) is 0.568. The van der Waals surface area contributed by atoms with Gasteiger partial charge >= 0.3 is 6.18 Å². The van der Waals surface area contributed by atoms with Gasteiger partial charge < -0.3 is 15.0 Å². The van der Waals surface area contributed by atoms with Gasteiger partial charge in [0.15, 0.2) is 5.11 Å². The highest BCUT2D eigenvalue weighted by Gasteiger charge is 2.52. The lowest BCUT2D eigenvalue weighted by Crippen LogP contribution is -2.51. The second kappa shape index (κ2) is 17.5. The lowest BCUT2D eigenvalue weighted by atomic mass is 9.82. The number of amides is 4. The van der Waals surface area contributed by atoms with Gasteiger partial charge in [-0.1, -0.05) is 12.1 Å². The summed E-state index contributed by atoms with van der Waals surface area (Å²) in [6.07, 6.45) is 2.96. The number of nitrogens with one attached hydrogen (secondary N) is 2. The number of alkyl halides is 3. The van der Waals surface area contributed by atoms with Gasteiger partial charge in [0.2, 0.25) is 17.7 Å². The summed E-state index contributed by atoms with van der Waals surface area (Å²) in [5.41, 5.74) is -0.724. The average Bonchev–Trinajstić information content (AvgIpc) is 3.62. The largest absolute Gasteiger partial charge is 0.417 e. The van der Waals surface area contributed by atoms with Gasteiger partial charge in [-0.05, 0) is 128 Å². The smallest absolute Gasteiger partial charge is 0.378 e. The van der Waals surface area contributed by atoms with E-state index in [1.165, 1.54) is 11.0 Å². The van der Waals surface area contributed by atoms with Gasteiger partial charge in [0, 0.05) is 43.6 Å². The number of hydrogen-bond donors (Lipinski definition) is 2. The summed E-state index contributed by atoms with van der Waals surface area (Å²) < 4.78 is 49.4. The van der Waals surface area contributed by atoms with Crippen molar-refractivity contribution in [3.8, 4) is 6.07 Å². The number of anilines is 2. The number of fused-ring (bicyclic) bond motifs is 1. The number of carbonyl (C=O) groups excluding carboxylic acids is 4. The van der Waals surface area contributed by atoms with E-state index in [2.05, 4.69) is 34.5 Å². The van der Waals surface area contributed by atoms with Gasteiger partial charge in [-0.3, -0.25) is 39.0 Å². The molecule has 0 radical (unpaired) electrons. The molecular formula is C44H53F3N8O5S. The Labute approximate surface area is 358 Å². The van der Waals surface area contributed by atoms with Gasteiger partial charge in [-0.2, -0.15) is 23.5 Å². The zero-order valence-corrected chi connectivity index (χ0v) is 36.0. The van der Waals surface area contributed by atoms with Crippen molar-refractivity contribution in [2.45, 2.75) is 134 Å². The van der Waals surface area contributed by atoms with Crippen molar-refractivity contribution in [1.82, 2.24) is 24.9 Å². The van der Waals surface area contributed by atoms with Gasteiger partial charge in [0.25, 0.3) is 5.91 Å². The second-order valence-electron chi connectivity index (χ2n) is 17.6. The summed E-state index contributed by atoms with van der Waals surface area (Å²) in [4.78, 5) is 56.8. The molecule has 17 heteroatoms. The minimum atomic E-state index is -4.76. The van der Waals surface area contributed by atoms with Crippen LogP contribution in [0.15, 0.2) is 36.4 Å². The molecule has 3 aromatic rings. The van der Waals surface area contributed by atoms with Crippen LogP contribution in [-0.4, -0.2) is 91.2 Å². The molecule has 326 valence electrons. The first-order chi connectivity index (χ1) is 28.9. The first kappa shape index (κ1) is 44.1. The summed E-state index contributed by atoms with van der Waals surface area (Å²) in [6, 6.07) is 10.6. The SMILES string of the molecule is C[C@@H]1CC(OCCC[C@H]2CC[C@H](N3C(=S)N(c4ccc(C#N)c(C(F)(F)F)c4)C(=O)C3(C)C)CC2)C[C@H](C)N1CC(=O)Nc1cccc2c(C3CCC(=O)NC3=O)nn(C)c12. The van der Waals surface area contributed by atoms with E-state index >= 15 is 0 Å². The molecule has 3 saturated heterocycles. The highest BCUT2D eigenvalue weighted by Crippen LogP contribution is 2.42. The number of hydrogen-bond acceptors (Lipinski definition) is 9. The standard InChI is InChI=1S/C44H53F3N8O5S/c1-25-20-31(21-26(2)53(25)24-37(57)49-35-10-6-9-32-38(51-52(5)39(32)35)33-17-18-36(56)50-40(33)58)60-19-7-8-27-11-14-29(15-12-27)55-42(61)54(41(59)43(55,3)4)30-16-13-28(23-48)34(22-30)44(45,46)47/h6,9-10,13,16,22,25-27,29,31,33H,7-8,11-12,14-15,17-21,24H2,1-5H3,(H,49,57)(H,50,56,58)/t25-,26+,27-,29-,31?,33?. The Balaban J connectivity index is 0.861. The number of aryl methyl sites for hydroxylation is 1. The third kappa shape index (κ3) is 8.90. The van der Waals surface area contributed by atoms with Crippen LogP contribution >= 0.6 is 12.2 Å². The van der Waals surface area contributed by atoms with E-state index < -0.39 is 34.7 Å². The number of thiocarbonyl (C=S) groups is 1.